The Balaban J connectivity index is 1.70. The van der Waals surface area contributed by atoms with E-state index < -0.39 is 5.97 Å². The first-order valence-corrected chi connectivity index (χ1v) is 9.36. The molecule has 5 aromatic rings. The first-order chi connectivity index (χ1) is 14.5. The number of H-pyrrole nitrogens is 1. The van der Waals surface area contributed by atoms with Gasteiger partial charge in [0.15, 0.2) is 0 Å². The highest BCUT2D eigenvalue weighted by atomic mass is 16.4. The molecular formula is C22H18N6O2. The maximum absolute atomic E-state index is 11.6. The topological polar surface area (TPSA) is 99.9 Å². The molecule has 0 radical (unpaired) electrons. The Kier molecular flexibility index (Phi) is 3.99. The van der Waals surface area contributed by atoms with Gasteiger partial charge in [0.25, 0.3) is 0 Å². The molecule has 4 aromatic heterocycles. The highest BCUT2D eigenvalue weighted by Crippen LogP contribution is 2.36. The molecule has 8 heteroatoms. The average molecular weight is 398 g/mol. The molecule has 30 heavy (non-hydrogen) atoms. The van der Waals surface area contributed by atoms with Crippen molar-refractivity contribution in [1.82, 2.24) is 24.7 Å². The molecule has 1 aromatic carbocycles. The summed E-state index contributed by atoms with van der Waals surface area (Å²) in [5.74, 6) is -0.178. The summed E-state index contributed by atoms with van der Waals surface area (Å²) in [6, 6.07) is 15.1. The molecule has 0 aliphatic carbocycles. The van der Waals surface area contributed by atoms with Crippen molar-refractivity contribution >= 4 is 39.4 Å². The fourth-order valence-electron chi connectivity index (χ4n) is 3.80. The smallest absolute Gasteiger partial charge is 0.337 e. The monoisotopic (exact) mass is 398 g/mol. The number of carboxylic acids is 1. The van der Waals surface area contributed by atoms with E-state index in [9.17, 15) is 9.90 Å². The third-order valence-corrected chi connectivity index (χ3v) is 5.20. The van der Waals surface area contributed by atoms with Crippen LogP contribution >= 0.6 is 0 Å². The number of nitrogens with one attached hydrogen (secondary N) is 1. The van der Waals surface area contributed by atoms with Crippen LogP contribution in [0.25, 0.3) is 33.3 Å². The molecule has 0 spiro atoms. The number of hydrogen-bond donors (Lipinski definition) is 2. The second-order valence-electron chi connectivity index (χ2n) is 7.00. The molecule has 2 N–H and O–H groups in total. The molecule has 148 valence electrons. The largest absolute Gasteiger partial charge is 0.478 e. The number of fused-ring (bicyclic) bond motifs is 2. The van der Waals surface area contributed by atoms with Crippen molar-refractivity contribution in [2.24, 2.45) is 7.05 Å². The van der Waals surface area contributed by atoms with E-state index in [0.29, 0.717) is 11.0 Å². The standard InChI is InChI=1S/C22H18N6O2/c1-27(18-8-3-4-10-24-18)17-7-5-6-13-20(17)26-28(2)21(13)16-12-15-19(25-16)14(22(29)30)9-11-23-15/h3-12,25H,1-2H3,(H,29,30). The molecule has 5 rings (SSSR count). The summed E-state index contributed by atoms with van der Waals surface area (Å²) in [6.45, 7) is 0. The first-order valence-electron chi connectivity index (χ1n) is 9.36. The molecule has 0 atom stereocenters. The van der Waals surface area contributed by atoms with Gasteiger partial charge in [-0.3, -0.25) is 9.67 Å². The van der Waals surface area contributed by atoms with E-state index in [2.05, 4.69) is 15.0 Å². The summed E-state index contributed by atoms with van der Waals surface area (Å²) in [4.78, 5) is 25.5. The third kappa shape index (κ3) is 2.69. The van der Waals surface area contributed by atoms with Crippen LogP contribution in [0.15, 0.2) is 60.9 Å². The highest BCUT2D eigenvalue weighted by Gasteiger charge is 2.20. The van der Waals surface area contributed by atoms with Crippen molar-refractivity contribution in [3.63, 3.8) is 0 Å². The normalized spacial score (nSPS) is 11.3. The number of pyridine rings is 2. The zero-order valence-electron chi connectivity index (χ0n) is 16.4. The minimum absolute atomic E-state index is 0.188. The Labute approximate surface area is 171 Å². The molecule has 0 amide bonds. The molecule has 0 bridgehead atoms. The summed E-state index contributed by atoms with van der Waals surface area (Å²) >= 11 is 0. The molecule has 0 saturated heterocycles. The minimum atomic E-state index is -0.995. The van der Waals surface area contributed by atoms with Gasteiger partial charge in [0.05, 0.1) is 33.7 Å². The molecule has 0 aliphatic heterocycles. The average Bonchev–Trinajstić information content (AvgIpc) is 3.32. The number of aryl methyl sites for hydroxylation is 1. The van der Waals surface area contributed by atoms with Gasteiger partial charge in [-0.05, 0) is 30.3 Å². The van der Waals surface area contributed by atoms with Gasteiger partial charge in [0, 0.05) is 31.9 Å². The van der Waals surface area contributed by atoms with Crippen molar-refractivity contribution < 1.29 is 9.90 Å². The second-order valence-corrected chi connectivity index (χ2v) is 7.00. The lowest BCUT2D eigenvalue weighted by Gasteiger charge is -2.18. The number of nitrogens with zero attached hydrogens (tertiary/aromatic N) is 5. The molecule has 0 aliphatic rings. The predicted molar refractivity (Wildman–Crippen MR) is 115 cm³/mol. The molecular weight excluding hydrogens is 380 g/mol. The summed E-state index contributed by atoms with van der Waals surface area (Å²) in [7, 11) is 3.83. The van der Waals surface area contributed by atoms with Gasteiger partial charge in [-0.1, -0.05) is 18.2 Å². The lowest BCUT2D eigenvalue weighted by molar-refractivity contribution is 0.0698. The second kappa shape index (κ2) is 6.70. The van der Waals surface area contributed by atoms with Crippen LogP contribution in [-0.2, 0) is 7.05 Å². The fourth-order valence-corrected chi connectivity index (χ4v) is 3.80. The highest BCUT2D eigenvalue weighted by molar-refractivity contribution is 6.05. The van der Waals surface area contributed by atoms with Gasteiger partial charge >= 0.3 is 5.97 Å². The van der Waals surface area contributed by atoms with Crippen molar-refractivity contribution in [3.8, 4) is 11.4 Å². The van der Waals surface area contributed by atoms with Crippen LogP contribution < -0.4 is 4.90 Å². The van der Waals surface area contributed by atoms with Gasteiger partial charge < -0.3 is 15.0 Å². The maximum atomic E-state index is 11.6. The zero-order chi connectivity index (χ0) is 20.8. The number of carboxylic acid groups (broad SMARTS) is 1. The first kappa shape index (κ1) is 17.9. The van der Waals surface area contributed by atoms with Crippen molar-refractivity contribution in [2.45, 2.75) is 0 Å². The Morgan fingerprint density at radius 1 is 1.10 bits per heavy atom. The van der Waals surface area contributed by atoms with Gasteiger partial charge in [-0.2, -0.15) is 5.10 Å². The summed E-state index contributed by atoms with van der Waals surface area (Å²) in [6.07, 6.45) is 3.26. The maximum Gasteiger partial charge on any atom is 0.337 e. The van der Waals surface area contributed by atoms with Crippen LogP contribution in [0.2, 0.25) is 0 Å². The molecule has 8 nitrogen and oxygen atoms in total. The Hall–Kier alpha value is -4.20. The summed E-state index contributed by atoms with van der Waals surface area (Å²) in [5.41, 5.74) is 4.65. The van der Waals surface area contributed by atoms with Gasteiger partial charge in [-0.15, -0.1) is 0 Å². The summed E-state index contributed by atoms with van der Waals surface area (Å²) < 4.78 is 1.80. The zero-order valence-corrected chi connectivity index (χ0v) is 16.4. The summed E-state index contributed by atoms with van der Waals surface area (Å²) in [5, 5.41) is 15.2. The Morgan fingerprint density at radius 2 is 1.97 bits per heavy atom. The van der Waals surface area contributed by atoms with Crippen LogP contribution in [0.5, 0.6) is 0 Å². The molecule has 4 heterocycles. The van der Waals surface area contributed by atoms with E-state index >= 15 is 0 Å². The number of carbonyl (C=O) groups is 1. The lowest BCUT2D eigenvalue weighted by Crippen LogP contribution is -2.11. The van der Waals surface area contributed by atoms with Crippen molar-refractivity contribution in [2.75, 3.05) is 11.9 Å². The van der Waals surface area contributed by atoms with E-state index in [1.165, 1.54) is 12.3 Å². The Morgan fingerprint density at radius 3 is 2.73 bits per heavy atom. The van der Waals surface area contributed by atoms with Crippen molar-refractivity contribution in [1.29, 1.82) is 0 Å². The Bertz CT molecular complexity index is 1400. The number of hydrogen-bond acceptors (Lipinski definition) is 5. The lowest BCUT2D eigenvalue weighted by atomic mass is 10.1. The quantitative estimate of drug-likeness (QED) is 0.475. The van der Waals surface area contributed by atoms with Gasteiger partial charge in [0.2, 0.25) is 0 Å². The van der Waals surface area contributed by atoms with Crippen molar-refractivity contribution in [3.05, 3.63) is 66.5 Å². The van der Waals surface area contributed by atoms with Crippen LogP contribution in [0.4, 0.5) is 11.5 Å². The molecule has 0 fully saturated rings. The van der Waals surface area contributed by atoms with Crippen LogP contribution in [-0.4, -0.2) is 42.9 Å². The van der Waals surface area contributed by atoms with Crippen LogP contribution in [0.1, 0.15) is 10.4 Å². The minimum Gasteiger partial charge on any atom is -0.478 e. The van der Waals surface area contributed by atoms with E-state index in [0.717, 1.165) is 33.8 Å². The number of aromatic carboxylic acids is 1. The van der Waals surface area contributed by atoms with Crippen LogP contribution in [0.3, 0.4) is 0 Å². The van der Waals surface area contributed by atoms with Gasteiger partial charge in [0.1, 0.15) is 11.3 Å². The molecule has 0 saturated carbocycles. The van der Waals surface area contributed by atoms with E-state index in [1.54, 1.807) is 10.9 Å². The fraction of sp³-hybridized carbons (Fsp3) is 0.0909. The predicted octanol–water partition coefficient (Wildman–Crippen LogP) is 3.98. The van der Waals surface area contributed by atoms with E-state index in [1.807, 2.05) is 61.5 Å². The van der Waals surface area contributed by atoms with Crippen LogP contribution in [0, 0.1) is 0 Å². The number of aromatic nitrogens is 5. The number of anilines is 2. The third-order valence-electron chi connectivity index (χ3n) is 5.20. The SMILES string of the molecule is CN(c1ccccn1)c1cccc2c(-c3cc4nccc(C(=O)O)c4[nH]3)n(C)nc12. The van der Waals surface area contributed by atoms with E-state index in [4.69, 9.17) is 5.10 Å². The molecule has 0 unspecified atom stereocenters. The number of benzene rings is 1. The van der Waals surface area contributed by atoms with E-state index in [-0.39, 0.29) is 5.56 Å². The van der Waals surface area contributed by atoms with Gasteiger partial charge in [-0.25, -0.2) is 9.78 Å². The number of rotatable bonds is 4. The number of aromatic amines is 1.